The quantitative estimate of drug-likeness (QED) is 0.707. The zero-order chi connectivity index (χ0) is 19.7. The molecule has 3 heterocycles. The summed E-state index contributed by atoms with van der Waals surface area (Å²) in [5.41, 5.74) is 4.96. The van der Waals surface area contributed by atoms with E-state index in [9.17, 15) is 4.79 Å². The normalized spacial score (nSPS) is 19.1. The molecule has 6 nitrogen and oxygen atoms in total. The minimum atomic E-state index is -0.188. The highest BCUT2D eigenvalue weighted by molar-refractivity contribution is 5.79. The molecule has 0 unspecified atom stereocenters. The minimum absolute atomic E-state index is 0.126. The van der Waals surface area contributed by atoms with Crippen molar-refractivity contribution in [3.63, 3.8) is 0 Å². The number of benzene rings is 2. The Balaban J connectivity index is 1.30. The fraction of sp³-hybridized carbons (Fsp3) is 0.348. The zero-order valence-corrected chi connectivity index (χ0v) is 16.4. The molecule has 1 amide bonds. The number of likely N-dealkylation sites (tertiary alicyclic amines) is 1. The zero-order valence-electron chi connectivity index (χ0n) is 16.4. The van der Waals surface area contributed by atoms with E-state index in [4.69, 9.17) is 4.98 Å². The number of anilines is 1. The lowest BCUT2D eigenvalue weighted by molar-refractivity contribution is -0.122. The first-order valence-electron chi connectivity index (χ1n) is 10.3. The van der Waals surface area contributed by atoms with Crippen molar-refractivity contribution in [2.75, 3.05) is 18.4 Å². The molecule has 2 aliphatic rings. The minimum Gasteiger partial charge on any atom is -0.379 e. The van der Waals surface area contributed by atoms with E-state index in [1.807, 2.05) is 36.5 Å². The average Bonchev–Trinajstić information content (AvgIpc) is 2.74. The van der Waals surface area contributed by atoms with Crippen molar-refractivity contribution in [1.29, 1.82) is 0 Å². The van der Waals surface area contributed by atoms with Gasteiger partial charge in [0.25, 0.3) is 0 Å². The highest BCUT2D eigenvalue weighted by atomic mass is 16.1. The molecule has 5 rings (SSSR count). The van der Waals surface area contributed by atoms with Crippen molar-refractivity contribution in [2.45, 2.75) is 37.9 Å². The summed E-state index contributed by atoms with van der Waals surface area (Å²) in [7, 11) is 0. The van der Waals surface area contributed by atoms with Crippen LogP contribution >= 0.6 is 0 Å². The van der Waals surface area contributed by atoms with Gasteiger partial charge in [0.2, 0.25) is 5.91 Å². The molecule has 148 valence electrons. The first-order valence-corrected chi connectivity index (χ1v) is 10.3. The van der Waals surface area contributed by atoms with Crippen LogP contribution in [-0.4, -0.2) is 39.4 Å². The molecule has 1 fully saturated rings. The molecule has 1 spiro atoms. The van der Waals surface area contributed by atoms with Crippen LogP contribution in [0, 0.1) is 0 Å². The largest absolute Gasteiger partial charge is 0.379 e. The maximum atomic E-state index is 12.4. The molecule has 6 heteroatoms. The molecule has 1 aromatic heterocycles. The number of rotatable bonds is 2. The van der Waals surface area contributed by atoms with Crippen LogP contribution in [-0.2, 0) is 17.9 Å². The maximum absolute atomic E-state index is 12.4. The van der Waals surface area contributed by atoms with Gasteiger partial charge in [-0.25, -0.2) is 4.98 Å². The van der Waals surface area contributed by atoms with Crippen LogP contribution in [0.15, 0.2) is 54.7 Å². The topological polar surface area (TPSA) is 70.2 Å². The SMILES string of the molecule is O=C1CC2(CCN(Cc3cnc4ccccc4n3)CC2)Nc2ccccc2CN1. The van der Waals surface area contributed by atoms with E-state index in [0.29, 0.717) is 13.0 Å². The van der Waals surface area contributed by atoms with E-state index in [-0.39, 0.29) is 11.4 Å². The van der Waals surface area contributed by atoms with Gasteiger partial charge in [-0.15, -0.1) is 0 Å². The number of hydrogen-bond acceptors (Lipinski definition) is 5. The van der Waals surface area contributed by atoms with Gasteiger partial charge in [0.05, 0.1) is 22.9 Å². The summed E-state index contributed by atoms with van der Waals surface area (Å²) in [4.78, 5) is 24.1. The van der Waals surface area contributed by atoms with Crippen molar-refractivity contribution in [3.05, 3.63) is 66.0 Å². The summed E-state index contributed by atoms with van der Waals surface area (Å²) in [5, 5.41) is 6.81. The molecule has 0 aliphatic carbocycles. The highest BCUT2D eigenvalue weighted by Gasteiger charge is 2.37. The summed E-state index contributed by atoms with van der Waals surface area (Å²) in [5.74, 6) is 0.126. The fourth-order valence-electron chi connectivity index (χ4n) is 4.43. The molecule has 0 saturated carbocycles. The lowest BCUT2D eigenvalue weighted by Crippen LogP contribution is -2.52. The van der Waals surface area contributed by atoms with E-state index < -0.39 is 0 Å². The molecule has 29 heavy (non-hydrogen) atoms. The summed E-state index contributed by atoms with van der Waals surface area (Å²) in [6.07, 6.45) is 4.25. The fourth-order valence-corrected chi connectivity index (χ4v) is 4.43. The Morgan fingerprint density at radius 1 is 1.00 bits per heavy atom. The molecule has 3 aromatic rings. The second-order valence-electron chi connectivity index (χ2n) is 8.14. The standard InChI is InChI=1S/C23H25N5O/c29-22-13-23(27-19-6-2-1-5-17(19)14-25-22)9-11-28(12-10-23)16-18-15-24-20-7-3-4-8-21(20)26-18/h1-8,15,27H,9-14,16H2,(H,25,29). The van der Waals surface area contributed by atoms with Gasteiger partial charge in [-0.05, 0) is 36.6 Å². The van der Waals surface area contributed by atoms with Crippen LogP contribution in [0.4, 0.5) is 5.69 Å². The van der Waals surface area contributed by atoms with Crippen molar-refractivity contribution in [3.8, 4) is 0 Å². The van der Waals surface area contributed by atoms with Crippen LogP contribution in [0.5, 0.6) is 0 Å². The van der Waals surface area contributed by atoms with Crippen molar-refractivity contribution < 1.29 is 4.79 Å². The van der Waals surface area contributed by atoms with Gasteiger partial charge in [-0.3, -0.25) is 14.7 Å². The van der Waals surface area contributed by atoms with Crippen LogP contribution in [0.2, 0.25) is 0 Å². The predicted octanol–water partition coefficient (Wildman–Crippen LogP) is 3.10. The van der Waals surface area contributed by atoms with Crippen molar-refractivity contribution in [2.24, 2.45) is 0 Å². The maximum Gasteiger partial charge on any atom is 0.222 e. The molecular weight excluding hydrogens is 362 g/mol. The molecule has 0 atom stereocenters. The molecule has 0 radical (unpaired) electrons. The van der Waals surface area contributed by atoms with E-state index in [1.54, 1.807) is 0 Å². The van der Waals surface area contributed by atoms with Crippen LogP contribution < -0.4 is 10.6 Å². The third kappa shape index (κ3) is 3.80. The number of amides is 1. The van der Waals surface area contributed by atoms with Crippen molar-refractivity contribution >= 4 is 22.6 Å². The Kier molecular flexibility index (Phi) is 4.64. The Morgan fingerprint density at radius 2 is 1.76 bits per heavy atom. The van der Waals surface area contributed by atoms with Gasteiger partial charge in [-0.1, -0.05) is 30.3 Å². The van der Waals surface area contributed by atoms with Crippen LogP contribution in [0.3, 0.4) is 0 Å². The third-order valence-corrected chi connectivity index (χ3v) is 6.09. The number of carbonyl (C=O) groups is 1. The lowest BCUT2D eigenvalue weighted by atomic mass is 9.82. The number of piperidine rings is 1. The van der Waals surface area contributed by atoms with Gasteiger partial charge >= 0.3 is 0 Å². The number of carbonyl (C=O) groups excluding carboxylic acids is 1. The third-order valence-electron chi connectivity index (χ3n) is 6.09. The molecule has 2 aromatic carbocycles. The summed E-state index contributed by atoms with van der Waals surface area (Å²) in [6, 6.07) is 16.2. The van der Waals surface area contributed by atoms with Gasteiger partial charge in [0.15, 0.2) is 0 Å². The number of aromatic nitrogens is 2. The highest BCUT2D eigenvalue weighted by Crippen LogP contribution is 2.33. The lowest BCUT2D eigenvalue weighted by Gasteiger charge is -2.44. The first kappa shape index (κ1) is 18.1. The van der Waals surface area contributed by atoms with E-state index >= 15 is 0 Å². The molecule has 1 saturated heterocycles. The summed E-state index contributed by atoms with van der Waals surface area (Å²) in [6.45, 7) is 3.23. The van der Waals surface area contributed by atoms with E-state index in [2.05, 4.69) is 38.7 Å². The van der Waals surface area contributed by atoms with E-state index in [1.165, 1.54) is 0 Å². The Hall–Kier alpha value is -2.99. The summed E-state index contributed by atoms with van der Waals surface area (Å²) >= 11 is 0. The molecule has 0 bridgehead atoms. The number of nitrogens with zero attached hydrogens (tertiary/aromatic N) is 3. The molecular formula is C23H25N5O. The average molecular weight is 387 g/mol. The smallest absolute Gasteiger partial charge is 0.222 e. The van der Waals surface area contributed by atoms with Gasteiger partial charge in [0, 0.05) is 43.8 Å². The number of fused-ring (bicyclic) bond motifs is 2. The Morgan fingerprint density at radius 3 is 2.62 bits per heavy atom. The van der Waals surface area contributed by atoms with Crippen LogP contribution in [0.25, 0.3) is 11.0 Å². The second-order valence-corrected chi connectivity index (χ2v) is 8.14. The Labute approximate surface area is 170 Å². The van der Waals surface area contributed by atoms with E-state index in [0.717, 1.165) is 60.5 Å². The van der Waals surface area contributed by atoms with Gasteiger partial charge in [0.1, 0.15) is 0 Å². The number of hydrogen-bond donors (Lipinski definition) is 2. The molecule has 2 aliphatic heterocycles. The number of nitrogens with one attached hydrogen (secondary N) is 2. The summed E-state index contributed by atoms with van der Waals surface area (Å²) < 4.78 is 0. The van der Waals surface area contributed by atoms with Crippen LogP contribution in [0.1, 0.15) is 30.5 Å². The first-order chi connectivity index (χ1) is 14.2. The van der Waals surface area contributed by atoms with Gasteiger partial charge in [-0.2, -0.15) is 0 Å². The van der Waals surface area contributed by atoms with Gasteiger partial charge < -0.3 is 10.6 Å². The second kappa shape index (κ2) is 7.44. The van der Waals surface area contributed by atoms with Crippen molar-refractivity contribution in [1.82, 2.24) is 20.2 Å². The number of para-hydroxylation sites is 3. The monoisotopic (exact) mass is 387 g/mol. The molecule has 2 N–H and O–H groups in total. The Bertz CT molecular complexity index is 1040. The predicted molar refractivity (Wildman–Crippen MR) is 113 cm³/mol.